The molecule has 0 bridgehead atoms. The summed E-state index contributed by atoms with van der Waals surface area (Å²) in [5.41, 5.74) is 8.74. The third-order valence-corrected chi connectivity index (χ3v) is 3.24. The first-order chi connectivity index (χ1) is 6.56. The van der Waals surface area contributed by atoms with Gasteiger partial charge in [-0.2, -0.15) is 0 Å². The molecule has 14 heavy (non-hydrogen) atoms. The molecule has 0 saturated heterocycles. The van der Waals surface area contributed by atoms with Crippen LogP contribution in [0.2, 0.25) is 0 Å². The summed E-state index contributed by atoms with van der Waals surface area (Å²) in [5.74, 6) is 0.687. The Morgan fingerprint density at radius 3 is 2.86 bits per heavy atom. The van der Waals surface area contributed by atoms with Gasteiger partial charge in [-0.3, -0.25) is 0 Å². The van der Waals surface area contributed by atoms with Crippen molar-refractivity contribution in [2.75, 3.05) is 5.73 Å². The lowest BCUT2D eigenvalue weighted by Gasteiger charge is -2.30. The molecule has 1 aromatic rings. The van der Waals surface area contributed by atoms with E-state index in [0.29, 0.717) is 5.95 Å². The van der Waals surface area contributed by atoms with Crippen LogP contribution < -0.4 is 5.73 Å². The molecule has 0 spiro atoms. The summed E-state index contributed by atoms with van der Waals surface area (Å²) in [4.78, 5) is 4.46. The Hall–Kier alpha value is -0.990. The van der Waals surface area contributed by atoms with E-state index in [0.717, 1.165) is 13.0 Å². The van der Waals surface area contributed by atoms with Crippen LogP contribution in [0.25, 0.3) is 0 Å². The van der Waals surface area contributed by atoms with Gasteiger partial charge in [-0.25, -0.2) is 4.98 Å². The third-order valence-electron chi connectivity index (χ3n) is 3.24. The summed E-state index contributed by atoms with van der Waals surface area (Å²) in [6, 6.07) is 0. The number of aryl methyl sites for hydroxylation is 1. The highest BCUT2D eigenvalue weighted by molar-refractivity contribution is 5.35. The minimum atomic E-state index is 0.244. The zero-order valence-electron chi connectivity index (χ0n) is 9.30. The van der Waals surface area contributed by atoms with Gasteiger partial charge in [-0.15, -0.1) is 0 Å². The van der Waals surface area contributed by atoms with Gasteiger partial charge in [0.05, 0.1) is 5.69 Å². The summed E-state index contributed by atoms with van der Waals surface area (Å²) < 4.78 is 2.16. The van der Waals surface area contributed by atoms with E-state index in [1.54, 1.807) is 0 Å². The molecule has 2 N–H and O–H groups in total. The molecule has 78 valence electrons. The lowest BCUT2D eigenvalue weighted by Crippen LogP contribution is -2.27. The topological polar surface area (TPSA) is 43.8 Å². The molecule has 1 aliphatic rings. The SMILES string of the molecule is CCn1c(N)nc2c1C(C)(C)CCC2. The van der Waals surface area contributed by atoms with Gasteiger partial charge >= 0.3 is 0 Å². The van der Waals surface area contributed by atoms with Crippen molar-refractivity contribution in [1.29, 1.82) is 0 Å². The van der Waals surface area contributed by atoms with Gasteiger partial charge in [-0.05, 0) is 26.2 Å². The summed E-state index contributed by atoms with van der Waals surface area (Å²) in [7, 11) is 0. The molecule has 3 nitrogen and oxygen atoms in total. The maximum atomic E-state index is 5.90. The van der Waals surface area contributed by atoms with Crippen molar-refractivity contribution < 1.29 is 0 Å². The fraction of sp³-hybridized carbons (Fsp3) is 0.727. The highest BCUT2D eigenvalue weighted by Gasteiger charge is 2.32. The van der Waals surface area contributed by atoms with Crippen LogP contribution in [0.3, 0.4) is 0 Å². The van der Waals surface area contributed by atoms with Gasteiger partial charge in [0.15, 0.2) is 0 Å². The molecule has 0 amide bonds. The quantitative estimate of drug-likeness (QED) is 0.742. The Bertz CT molecular complexity index is 350. The van der Waals surface area contributed by atoms with E-state index in [2.05, 4.69) is 30.3 Å². The molecule has 1 aliphatic carbocycles. The molecule has 2 rings (SSSR count). The van der Waals surface area contributed by atoms with E-state index in [9.17, 15) is 0 Å². The second-order valence-corrected chi connectivity index (χ2v) is 4.75. The number of nitrogen functional groups attached to an aromatic ring is 1. The molecule has 0 fully saturated rings. The number of nitrogens with zero attached hydrogens (tertiary/aromatic N) is 2. The number of nitrogens with two attached hydrogens (primary N) is 1. The lowest BCUT2D eigenvalue weighted by atomic mass is 9.78. The smallest absolute Gasteiger partial charge is 0.200 e. The normalized spacial score (nSPS) is 19.4. The van der Waals surface area contributed by atoms with Crippen molar-refractivity contribution in [3.63, 3.8) is 0 Å². The Balaban J connectivity index is 2.59. The van der Waals surface area contributed by atoms with Crippen molar-refractivity contribution in [1.82, 2.24) is 9.55 Å². The predicted octanol–water partition coefficient (Wildman–Crippen LogP) is 2.10. The minimum absolute atomic E-state index is 0.244. The summed E-state index contributed by atoms with van der Waals surface area (Å²) in [6.07, 6.45) is 3.57. The van der Waals surface area contributed by atoms with Gasteiger partial charge in [-0.1, -0.05) is 13.8 Å². The van der Waals surface area contributed by atoms with Crippen LogP contribution in [0, 0.1) is 0 Å². The molecule has 1 aromatic heterocycles. The molecule has 0 aliphatic heterocycles. The first-order valence-electron chi connectivity index (χ1n) is 5.41. The third kappa shape index (κ3) is 1.22. The zero-order valence-corrected chi connectivity index (χ0v) is 9.30. The number of hydrogen-bond donors (Lipinski definition) is 1. The summed E-state index contributed by atoms with van der Waals surface area (Å²) >= 11 is 0. The van der Waals surface area contributed by atoms with Crippen LogP contribution in [-0.4, -0.2) is 9.55 Å². The molecule has 0 aromatic carbocycles. The van der Waals surface area contributed by atoms with E-state index in [1.165, 1.54) is 24.2 Å². The van der Waals surface area contributed by atoms with E-state index in [-0.39, 0.29) is 5.41 Å². The number of imidazole rings is 1. The number of hydrogen-bond acceptors (Lipinski definition) is 2. The Kier molecular flexibility index (Phi) is 2.05. The number of anilines is 1. The number of rotatable bonds is 1. The average molecular weight is 193 g/mol. The van der Waals surface area contributed by atoms with Gasteiger partial charge in [0.2, 0.25) is 5.95 Å². The van der Waals surface area contributed by atoms with E-state index in [4.69, 9.17) is 5.73 Å². The van der Waals surface area contributed by atoms with Crippen molar-refractivity contribution in [3.8, 4) is 0 Å². The largest absolute Gasteiger partial charge is 0.369 e. The number of fused-ring (bicyclic) bond motifs is 1. The van der Waals surface area contributed by atoms with Crippen LogP contribution in [0.4, 0.5) is 5.95 Å². The van der Waals surface area contributed by atoms with Crippen LogP contribution in [0.1, 0.15) is 45.0 Å². The molecular weight excluding hydrogens is 174 g/mol. The van der Waals surface area contributed by atoms with E-state index >= 15 is 0 Å². The zero-order chi connectivity index (χ0) is 10.3. The molecular formula is C11H19N3. The van der Waals surface area contributed by atoms with Crippen LogP contribution in [-0.2, 0) is 18.4 Å². The summed E-state index contributed by atoms with van der Waals surface area (Å²) in [5, 5.41) is 0. The molecule has 0 saturated carbocycles. The van der Waals surface area contributed by atoms with Crippen LogP contribution >= 0.6 is 0 Å². The fourth-order valence-corrected chi connectivity index (χ4v) is 2.59. The lowest BCUT2D eigenvalue weighted by molar-refractivity contribution is 0.400. The first-order valence-corrected chi connectivity index (χ1v) is 5.41. The fourth-order valence-electron chi connectivity index (χ4n) is 2.59. The molecule has 0 atom stereocenters. The Morgan fingerprint density at radius 2 is 2.21 bits per heavy atom. The Morgan fingerprint density at radius 1 is 1.50 bits per heavy atom. The maximum absolute atomic E-state index is 5.90. The van der Waals surface area contributed by atoms with E-state index in [1.807, 2.05) is 0 Å². The van der Waals surface area contributed by atoms with Gasteiger partial charge in [0.1, 0.15) is 0 Å². The first kappa shape index (κ1) is 9.56. The molecule has 0 radical (unpaired) electrons. The minimum Gasteiger partial charge on any atom is -0.369 e. The maximum Gasteiger partial charge on any atom is 0.200 e. The van der Waals surface area contributed by atoms with Gasteiger partial charge in [0.25, 0.3) is 0 Å². The molecule has 0 unspecified atom stereocenters. The van der Waals surface area contributed by atoms with Gasteiger partial charge < -0.3 is 10.3 Å². The van der Waals surface area contributed by atoms with Crippen LogP contribution in [0.15, 0.2) is 0 Å². The van der Waals surface area contributed by atoms with Crippen molar-refractivity contribution in [2.45, 2.75) is 52.0 Å². The van der Waals surface area contributed by atoms with Gasteiger partial charge in [0, 0.05) is 17.7 Å². The second-order valence-electron chi connectivity index (χ2n) is 4.75. The summed E-state index contributed by atoms with van der Waals surface area (Å²) in [6.45, 7) is 7.64. The standard InChI is InChI=1S/C11H19N3/c1-4-14-9-8(13-10(14)12)6-5-7-11(9,2)3/h4-7H2,1-3H3,(H2,12,13). The predicted molar refractivity (Wildman–Crippen MR) is 58.3 cm³/mol. The monoisotopic (exact) mass is 193 g/mol. The molecule has 1 heterocycles. The second kappa shape index (κ2) is 3.01. The average Bonchev–Trinajstić information content (AvgIpc) is 2.41. The molecule has 3 heteroatoms. The Labute approximate surface area is 85.3 Å². The van der Waals surface area contributed by atoms with Crippen LogP contribution in [0.5, 0.6) is 0 Å². The van der Waals surface area contributed by atoms with Crippen molar-refractivity contribution in [3.05, 3.63) is 11.4 Å². The van der Waals surface area contributed by atoms with Crippen molar-refractivity contribution >= 4 is 5.95 Å². The van der Waals surface area contributed by atoms with E-state index < -0.39 is 0 Å². The highest BCUT2D eigenvalue weighted by atomic mass is 15.2. The number of aromatic nitrogens is 2. The highest BCUT2D eigenvalue weighted by Crippen LogP contribution is 2.37. The van der Waals surface area contributed by atoms with Crippen molar-refractivity contribution in [2.24, 2.45) is 0 Å².